The van der Waals surface area contributed by atoms with Crippen molar-refractivity contribution in [1.29, 1.82) is 0 Å². The summed E-state index contributed by atoms with van der Waals surface area (Å²) in [5, 5.41) is 8.44. The van der Waals surface area contributed by atoms with Gasteiger partial charge in [-0.3, -0.25) is 4.79 Å². The van der Waals surface area contributed by atoms with Gasteiger partial charge in [0.15, 0.2) is 11.6 Å². The van der Waals surface area contributed by atoms with Crippen LogP contribution in [0.15, 0.2) is 18.2 Å². The molecule has 82 valence electrons. The molecule has 1 atom stereocenters. The molecule has 0 aliphatic carbocycles. The van der Waals surface area contributed by atoms with Crippen molar-refractivity contribution in [1.82, 2.24) is 0 Å². The predicted octanol–water partition coefficient (Wildman–Crippen LogP) is 1.31. The van der Waals surface area contributed by atoms with E-state index in [2.05, 4.69) is 0 Å². The first-order chi connectivity index (χ1) is 7.00. The Morgan fingerprint density at radius 1 is 1.47 bits per heavy atom. The van der Waals surface area contributed by atoms with E-state index >= 15 is 0 Å². The molecule has 0 saturated carbocycles. The standard InChI is InChI=1S/C10H11F2NO2/c11-8-3-1-2-6(10(8)12)4-7(13)5-9(14)15/h1-3,7H,4-5,13H2,(H,14,15). The highest BCUT2D eigenvalue weighted by molar-refractivity contribution is 5.67. The van der Waals surface area contributed by atoms with E-state index in [9.17, 15) is 13.6 Å². The molecule has 3 nitrogen and oxygen atoms in total. The second-order valence-corrected chi connectivity index (χ2v) is 3.28. The molecular formula is C10H11F2NO2. The fourth-order valence-corrected chi connectivity index (χ4v) is 1.29. The Morgan fingerprint density at radius 2 is 2.13 bits per heavy atom. The minimum atomic E-state index is -1.06. The van der Waals surface area contributed by atoms with Crippen LogP contribution in [0.3, 0.4) is 0 Å². The molecule has 0 heterocycles. The smallest absolute Gasteiger partial charge is 0.304 e. The third-order valence-electron chi connectivity index (χ3n) is 1.95. The van der Waals surface area contributed by atoms with Crippen LogP contribution < -0.4 is 5.73 Å². The van der Waals surface area contributed by atoms with Gasteiger partial charge in [-0.1, -0.05) is 12.1 Å². The molecule has 0 radical (unpaired) electrons. The van der Waals surface area contributed by atoms with Gasteiger partial charge in [-0.25, -0.2) is 8.78 Å². The van der Waals surface area contributed by atoms with Gasteiger partial charge in [0.1, 0.15) is 0 Å². The molecule has 15 heavy (non-hydrogen) atoms. The lowest BCUT2D eigenvalue weighted by Gasteiger charge is -2.09. The zero-order valence-electron chi connectivity index (χ0n) is 7.91. The highest BCUT2D eigenvalue weighted by Crippen LogP contribution is 2.13. The molecule has 1 aromatic rings. The maximum atomic E-state index is 13.1. The summed E-state index contributed by atoms with van der Waals surface area (Å²) < 4.78 is 25.9. The van der Waals surface area contributed by atoms with E-state index in [4.69, 9.17) is 10.8 Å². The van der Waals surface area contributed by atoms with Gasteiger partial charge in [0, 0.05) is 6.04 Å². The van der Waals surface area contributed by atoms with E-state index in [1.165, 1.54) is 12.1 Å². The van der Waals surface area contributed by atoms with E-state index in [-0.39, 0.29) is 18.4 Å². The number of halogens is 2. The van der Waals surface area contributed by atoms with Crippen LogP contribution in [0.2, 0.25) is 0 Å². The van der Waals surface area contributed by atoms with Crippen molar-refractivity contribution in [3.63, 3.8) is 0 Å². The summed E-state index contributed by atoms with van der Waals surface area (Å²) in [5.41, 5.74) is 5.56. The average Bonchev–Trinajstić information content (AvgIpc) is 2.11. The first kappa shape index (κ1) is 11.6. The van der Waals surface area contributed by atoms with Crippen LogP contribution in [-0.4, -0.2) is 17.1 Å². The van der Waals surface area contributed by atoms with Gasteiger partial charge in [0.25, 0.3) is 0 Å². The summed E-state index contributed by atoms with van der Waals surface area (Å²) in [4.78, 5) is 10.3. The molecule has 1 aromatic carbocycles. The van der Waals surface area contributed by atoms with Crippen molar-refractivity contribution in [3.8, 4) is 0 Å². The van der Waals surface area contributed by atoms with Crippen molar-refractivity contribution in [2.75, 3.05) is 0 Å². The van der Waals surface area contributed by atoms with E-state index in [0.29, 0.717) is 0 Å². The molecule has 1 rings (SSSR count). The molecule has 0 bridgehead atoms. The number of nitrogens with two attached hydrogens (primary N) is 1. The summed E-state index contributed by atoms with van der Waals surface area (Å²) >= 11 is 0. The van der Waals surface area contributed by atoms with E-state index < -0.39 is 23.6 Å². The van der Waals surface area contributed by atoms with Crippen molar-refractivity contribution in [2.24, 2.45) is 5.73 Å². The van der Waals surface area contributed by atoms with E-state index in [1.54, 1.807) is 0 Å². The lowest BCUT2D eigenvalue weighted by molar-refractivity contribution is -0.137. The summed E-state index contributed by atoms with van der Waals surface area (Å²) in [6, 6.07) is 3.04. The molecule has 0 aromatic heterocycles. The van der Waals surface area contributed by atoms with Crippen LogP contribution in [-0.2, 0) is 11.2 Å². The molecule has 0 saturated heterocycles. The van der Waals surface area contributed by atoms with Crippen molar-refractivity contribution >= 4 is 5.97 Å². The Bertz CT molecular complexity index is 368. The minimum absolute atomic E-state index is 0.00981. The molecule has 5 heteroatoms. The van der Waals surface area contributed by atoms with E-state index in [1.807, 2.05) is 0 Å². The Hall–Kier alpha value is -1.49. The van der Waals surface area contributed by atoms with Gasteiger partial charge in [0.05, 0.1) is 6.42 Å². The Labute approximate surface area is 85.5 Å². The number of aliphatic carboxylic acids is 1. The van der Waals surface area contributed by atoms with Crippen LogP contribution in [0.25, 0.3) is 0 Å². The second-order valence-electron chi connectivity index (χ2n) is 3.28. The summed E-state index contributed by atoms with van der Waals surface area (Å²) in [6.07, 6.45) is -0.258. The zero-order valence-corrected chi connectivity index (χ0v) is 7.91. The summed E-state index contributed by atoms with van der Waals surface area (Å²) in [5.74, 6) is -2.97. The number of hydrogen-bond acceptors (Lipinski definition) is 2. The van der Waals surface area contributed by atoms with Gasteiger partial charge >= 0.3 is 5.97 Å². The van der Waals surface area contributed by atoms with Gasteiger partial charge in [-0.05, 0) is 18.1 Å². The SMILES string of the molecule is NC(CC(=O)O)Cc1cccc(F)c1F. The second kappa shape index (κ2) is 4.84. The van der Waals surface area contributed by atoms with E-state index in [0.717, 1.165) is 6.07 Å². The third kappa shape index (κ3) is 3.28. The molecular weight excluding hydrogens is 204 g/mol. The number of rotatable bonds is 4. The van der Waals surface area contributed by atoms with Crippen molar-refractivity contribution in [2.45, 2.75) is 18.9 Å². The van der Waals surface area contributed by atoms with Crippen LogP contribution in [0, 0.1) is 11.6 Å². The van der Waals surface area contributed by atoms with Gasteiger partial charge in [-0.2, -0.15) is 0 Å². The number of carbonyl (C=O) groups is 1. The summed E-state index contributed by atoms with van der Waals surface area (Å²) in [6.45, 7) is 0. The Balaban J connectivity index is 2.72. The predicted molar refractivity (Wildman–Crippen MR) is 50.3 cm³/mol. The molecule has 0 spiro atoms. The largest absolute Gasteiger partial charge is 0.481 e. The lowest BCUT2D eigenvalue weighted by Crippen LogP contribution is -2.26. The van der Waals surface area contributed by atoms with Gasteiger partial charge < -0.3 is 10.8 Å². The molecule has 1 unspecified atom stereocenters. The van der Waals surface area contributed by atoms with Crippen LogP contribution >= 0.6 is 0 Å². The molecule has 0 aliphatic heterocycles. The highest BCUT2D eigenvalue weighted by Gasteiger charge is 2.13. The lowest BCUT2D eigenvalue weighted by atomic mass is 10.0. The van der Waals surface area contributed by atoms with Crippen molar-refractivity contribution in [3.05, 3.63) is 35.4 Å². The van der Waals surface area contributed by atoms with Crippen LogP contribution in [0.5, 0.6) is 0 Å². The monoisotopic (exact) mass is 215 g/mol. The zero-order chi connectivity index (χ0) is 11.4. The first-order valence-electron chi connectivity index (χ1n) is 4.41. The Morgan fingerprint density at radius 3 is 2.73 bits per heavy atom. The average molecular weight is 215 g/mol. The molecule has 0 fully saturated rings. The van der Waals surface area contributed by atoms with Crippen LogP contribution in [0.1, 0.15) is 12.0 Å². The van der Waals surface area contributed by atoms with Gasteiger partial charge in [0.2, 0.25) is 0 Å². The maximum absolute atomic E-state index is 13.1. The fraction of sp³-hybridized carbons (Fsp3) is 0.300. The Kier molecular flexibility index (Phi) is 3.74. The highest BCUT2D eigenvalue weighted by atomic mass is 19.2. The van der Waals surface area contributed by atoms with Crippen LogP contribution in [0.4, 0.5) is 8.78 Å². The number of benzene rings is 1. The molecule has 0 amide bonds. The summed E-state index contributed by atoms with van der Waals surface area (Å²) in [7, 11) is 0. The van der Waals surface area contributed by atoms with Gasteiger partial charge in [-0.15, -0.1) is 0 Å². The van der Waals surface area contributed by atoms with Crippen molar-refractivity contribution < 1.29 is 18.7 Å². The third-order valence-corrected chi connectivity index (χ3v) is 1.95. The minimum Gasteiger partial charge on any atom is -0.481 e. The fourth-order valence-electron chi connectivity index (χ4n) is 1.29. The number of hydrogen-bond donors (Lipinski definition) is 2. The molecule has 0 aliphatic rings. The molecule has 3 N–H and O–H groups in total. The topological polar surface area (TPSA) is 63.3 Å². The maximum Gasteiger partial charge on any atom is 0.304 e. The quantitative estimate of drug-likeness (QED) is 0.795. The first-order valence-corrected chi connectivity index (χ1v) is 4.41. The number of carboxylic acid groups (broad SMARTS) is 1. The number of carboxylic acids is 1. The normalized spacial score (nSPS) is 12.5.